The van der Waals surface area contributed by atoms with Crippen molar-refractivity contribution in [3.05, 3.63) is 173 Å². The van der Waals surface area contributed by atoms with E-state index in [1.165, 1.54) is 0 Å². The molecule has 41 heavy (non-hydrogen) atoms. The number of carbonyl (C=O) groups excluding carboxylic acids is 1. The fraction of sp³-hybridized carbons (Fsp3) is 0.135. The average molecular weight is 537 g/mol. The first-order valence-corrected chi connectivity index (χ1v) is 13.9. The molecule has 4 heteroatoms. The van der Waals surface area contributed by atoms with Crippen LogP contribution >= 0.6 is 0 Å². The van der Waals surface area contributed by atoms with Crippen LogP contribution in [0.4, 0.5) is 0 Å². The number of aromatic nitrogens is 2. The first-order valence-electron chi connectivity index (χ1n) is 13.9. The zero-order chi connectivity index (χ0) is 28.5. The van der Waals surface area contributed by atoms with E-state index in [2.05, 4.69) is 77.4 Å². The first kappa shape index (κ1) is 26.4. The van der Waals surface area contributed by atoms with Gasteiger partial charge in [0.05, 0.1) is 12.0 Å². The molecule has 6 aromatic rings. The zero-order valence-corrected chi connectivity index (χ0v) is 23.2. The van der Waals surface area contributed by atoms with Gasteiger partial charge in [0.2, 0.25) is 0 Å². The lowest BCUT2D eigenvalue weighted by Crippen LogP contribution is -2.37. The maximum absolute atomic E-state index is 12.5. The summed E-state index contributed by atoms with van der Waals surface area (Å²) in [5.74, 6) is -0.169. The number of carbonyl (C=O) groups is 1. The molecule has 1 heterocycles. The first-order chi connectivity index (χ1) is 20.0. The Balaban J connectivity index is 1.58. The van der Waals surface area contributed by atoms with Crippen LogP contribution < -0.4 is 0 Å². The average Bonchev–Trinajstić information content (AvgIpc) is 3.53. The van der Waals surface area contributed by atoms with Gasteiger partial charge < -0.3 is 9.67 Å². The van der Waals surface area contributed by atoms with Crippen LogP contribution in [-0.2, 0) is 11.1 Å². The van der Waals surface area contributed by atoms with Crippen molar-refractivity contribution in [2.75, 3.05) is 0 Å². The van der Waals surface area contributed by atoms with Crippen molar-refractivity contribution < 1.29 is 9.90 Å². The summed E-state index contributed by atoms with van der Waals surface area (Å²) < 4.78 is 2.13. The minimum Gasteiger partial charge on any atom is -0.378 e. The Morgan fingerprint density at radius 1 is 0.683 bits per heavy atom. The molecule has 0 aliphatic heterocycles. The van der Waals surface area contributed by atoms with Crippen molar-refractivity contribution in [1.82, 2.24) is 9.55 Å². The van der Waals surface area contributed by atoms with Crippen molar-refractivity contribution in [2.24, 2.45) is 5.92 Å². The summed E-state index contributed by atoms with van der Waals surface area (Å²) in [6.07, 6.45) is 4.68. The molecule has 0 amide bonds. The number of hydrogen-bond acceptors (Lipinski definition) is 3. The molecule has 0 fully saturated rings. The van der Waals surface area contributed by atoms with Gasteiger partial charge in [-0.1, -0.05) is 129 Å². The molecule has 1 unspecified atom stereocenters. The van der Waals surface area contributed by atoms with E-state index in [1.54, 1.807) is 6.07 Å². The van der Waals surface area contributed by atoms with E-state index in [4.69, 9.17) is 4.98 Å². The van der Waals surface area contributed by atoms with Crippen LogP contribution in [0.15, 0.2) is 140 Å². The quantitative estimate of drug-likeness (QED) is 0.161. The summed E-state index contributed by atoms with van der Waals surface area (Å²) in [4.78, 5) is 16.2. The lowest BCUT2D eigenvalue weighted by Gasteiger charge is -2.37. The van der Waals surface area contributed by atoms with Crippen LogP contribution in [0, 0.1) is 5.92 Å². The highest BCUT2D eigenvalue weighted by atomic mass is 16.3. The summed E-state index contributed by atoms with van der Waals surface area (Å²) in [7, 11) is 0. The molecule has 0 saturated heterocycles. The van der Waals surface area contributed by atoms with Crippen LogP contribution in [0.5, 0.6) is 0 Å². The lowest BCUT2D eigenvalue weighted by molar-refractivity contribution is 0.0279. The Morgan fingerprint density at radius 3 is 1.71 bits per heavy atom. The van der Waals surface area contributed by atoms with Crippen LogP contribution in [0.1, 0.15) is 52.2 Å². The lowest BCUT2D eigenvalue weighted by atomic mass is 9.76. The van der Waals surface area contributed by atoms with Crippen molar-refractivity contribution in [3.63, 3.8) is 0 Å². The van der Waals surface area contributed by atoms with Gasteiger partial charge in [-0.05, 0) is 51.1 Å². The monoisotopic (exact) mass is 536 g/mol. The number of rotatable bonds is 8. The van der Waals surface area contributed by atoms with Gasteiger partial charge in [-0.15, -0.1) is 0 Å². The zero-order valence-electron chi connectivity index (χ0n) is 23.2. The number of benzene rings is 5. The van der Waals surface area contributed by atoms with Gasteiger partial charge in [0.15, 0.2) is 0 Å². The van der Waals surface area contributed by atoms with Crippen molar-refractivity contribution in [2.45, 2.75) is 25.0 Å². The SMILES string of the molecule is CC(C)C(O)(c1ccc2cc(C=O)ccc2c1)c1cn(C(c2ccccc2)(c2ccccc2)c2ccccc2)cn1. The smallest absolute Gasteiger partial charge is 0.150 e. The van der Waals surface area contributed by atoms with Gasteiger partial charge in [-0.2, -0.15) is 0 Å². The van der Waals surface area contributed by atoms with Crippen LogP contribution in [0.3, 0.4) is 0 Å². The highest BCUT2D eigenvalue weighted by Crippen LogP contribution is 2.43. The Bertz CT molecular complexity index is 1700. The second kappa shape index (κ2) is 10.6. The minimum absolute atomic E-state index is 0.169. The molecule has 5 aromatic carbocycles. The molecule has 0 saturated carbocycles. The highest BCUT2D eigenvalue weighted by Gasteiger charge is 2.42. The second-order valence-electron chi connectivity index (χ2n) is 10.8. The van der Waals surface area contributed by atoms with Gasteiger partial charge in [-0.3, -0.25) is 4.79 Å². The summed E-state index contributed by atoms with van der Waals surface area (Å²) in [5.41, 5.74) is 3.16. The maximum Gasteiger partial charge on any atom is 0.150 e. The van der Waals surface area contributed by atoms with E-state index in [0.717, 1.165) is 39.3 Å². The molecule has 6 rings (SSSR count). The van der Waals surface area contributed by atoms with Gasteiger partial charge in [0.25, 0.3) is 0 Å². The predicted molar refractivity (Wildman–Crippen MR) is 164 cm³/mol. The third-order valence-electron chi connectivity index (χ3n) is 8.21. The van der Waals surface area contributed by atoms with Crippen molar-refractivity contribution in [3.8, 4) is 0 Å². The molecule has 1 aromatic heterocycles. The van der Waals surface area contributed by atoms with E-state index >= 15 is 0 Å². The third-order valence-corrected chi connectivity index (χ3v) is 8.21. The largest absolute Gasteiger partial charge is 0.378 e. The van der Waals surface area contributed by atoms with Crippen molar-refractivity contribution >= 4 is 17.1 Å². The molecule has 0 bridgehead atoms. The normalized spacial score (nSPS) is 13.3. The van der Waals surface area contributed by atoms with Gasteiger partial charge in [0.1, 0.15) is 17.4 Å². The molecule has 0 aliphatic rings. The second-order valence-corrected chi connectivity index (χ2v) is 10.8. The standard InChI is InChI=1S/C37H32N2O2/c1-27(2)37(41,34-21-20-29-22-28(25-40)18-19-30(29)23-34)35-24-39(26-38-35)36(31-12-6-3-7-13-31,32-14-8-4-9-15-32)33-16-10-5-11-17-33/h3-27,41H,1-2H3. The number of imidazole rings is 1. The Kier molecular flexibility index (Phi) is 6.86. The molecular weight excluding hydrogens is 504 g/mol. The highest BCUT2D eigenvalue weighted by molar-refractivity contribution is 5.89. The van der Waals surface area contributed by atoms with E-state index in [9.17, 15) is 9.90 Å². The molecule has 0 radical (unpaired) electrons. The van der Waals surface area contributed by atoms with E-state index in [1.807, 2.05) is 74.9 Å². The molecule has 4 nitrogen and oxygen atoms in total. The molecule has 202 valence electrons. The van der Waals surface area contributed by atoms with Gasteiger partial charge in [-0.25, -0.2) is 4.98 Å². The molecule has 1 N–H and O–H groups in total. The van der Waals surface area contributed by atoms with E-state index in [-0.39, 0.29) is 5.92 Å². The predicted octanol–water partition coefficient (Wildman–Crippen LogP) is 7.58. The Hall–Kier alpha value is -4.80. The van der Waals surface area contributed by atoms with Crippen LogP contribution in [0.25, 0.3) is 10.8 Å². The number of aliphatic hydroxyl groups is 1. The van der Waals surface area contributed by atoms with Crippen LogP contribution in [0.2, 0.25) is 0 Å². The van der Waals surface area contributed by atoms with Gasteiger partial charge >= 0.3 is 0 Å². The molecule has 0 spiro atoms. The minimum atomic E-state index is -1.35. The molecular formula is C37H32N2O2. The number of hydrogen-bond donors (Lipinski definition) is 1. The van der Waals surface area contributed by atoms with Crippen LogP contribution in [-0.4, -0.2) is 20.9 Å². The Morgan fingerprint density at radius 2 is 1.20 bits per heavy atom. The molecule has 0 aliphatic carbocycles. The summed E-state index contributed by atoms with van der Waals surface area (Å²) in [5, 5.41) is 14.4. The van der Waals surface area contributed by atoms with Crippen molar-refractivity contribution in [1.29, 1.82) is 0 Å². The summed E-state index contributed by atoms with van der Waals surface area (Å²) in [6.45, 7) is 4.02. The topological polar surface area (TPSA) is 55.1 Å². The number of fused-ring (bicyclic) bond motifs is 1. The van der Waals surface area contributed by atoms with E-state index in [0.29, 0.717) is 11.3 Å². The Labute approximate surface area is 240 Å². The fourth-order valence-corrected chi connectivity index (χ4v) is 6.04. The fourth-order valence-electron chi connectivity index (χ4n) is 6.04. The van der Waals surface area contributed by atoms with E-state index < -0.39 is 11.1 Å². The number of aldehydes is 1. The van der Waals surface area contributed by atoms with Gasteiger partial charge in [0, 0.05) is 11.8 Å². The molecule has 1 atom stereocenters. The maximum atomic E-state index is 12.5. The summed E-state index contributed by atoms with van der Waals surface area (Å²) in [6, 6.07) is 42.8. The third kappa shape index (κ3) is 4.37. The summed E-state index contributed by atoms with van der Waals surface area (Å²) >= 11 is 0. The number of nitrogens with zero attached hydrogens (tertiary/aromatic N) is 2.